The molecule has 3 aromatic heterocycles. The minimum Gasteiger partial charge on any atom is -0.478 e. The van der Waals surface area contributed by atoms with Crippen molar-refractivity contribution < 1.29 is 23.8 Å². The van der Waals surface area contributed by atoms with Crippen LogP contribution in [0.15, 0.2) is 30.9 Å². The van der Waals surface area contributed by atoms with Crippen molar-refractivity contribution in [2.45, 2.75) is 58.0 Å². The van der Waals surface area contributed by atoms with Crippen molar-refractivity contribution >= 4 is 36.9 Å². The molecular formula is C22H30ClN5O5Si. The highest BCUT2D eigenvalue weighted by Gasteiger charge is 2.37. The number of hydrogen-bond donors (Lipinski definition) is 1. The van der Waals surface area contributed by atoms with E-state index in [4.69, 9.17) is 25.5 Å². The van der Waals surface area contributed by atoms with E-state index in [1.807, 2.05) is 6.92 Å². The van der Waals surface area contributed by atoms with E-state index >= 15 is 0 Å². The van der Waals surface area contributed by atoms with Crippen molar-refractivity contribution in [3.05, 3.63) is 35.9 Å². The maximum atomic E-state index is 11.9. The Labute approximate surface area is 204 Å². The SMILES string of the molecule is C[C@H](CO[Si](C)(C)C(C)(C)C)OCC(Oc1ncnc2c1cnn2-c1ncccc1Cl)C(=O)O. The molecule has 3 heterocycles. The van der Waals surface area contributed by atoms with Gasteiger partial charge in [0, 0.05) is 6.20 Å². The van der Waals surface area contributed by atoms with Gasteiger partial charge in [0.2, 0.25) is 12.0 Å². The molecule has 12 heteroatoms. The fourth-order valence-electron chi connectivity index (χ4n) is 2.74. The Hall–Kier alpha value is -2.60. The van der Waals surface area contributed by atoms with E-state index in [0.29, 0.717) is 28.5 Å². The van der Waals surface area contributed by atoms with Crippen LogP contribution in [-0.4, -0.2) is 69.5 Å². The molecule has 0 amide bonds. The van der Waals surface area contributed by atoms with Gasteiger partial charge in [-0.25, -0.2) is 19.7 Å². The summed E-state index contributed by atoms with van der Waals surface area (Å²) in [5, 5.41) is 14.8. The zero-order valence-electron chi connectivity index (χ0n) is 20.1. The smallest absolute Gasteiger partial charge is 0.347 e. The molecule has 0 aromatic carbocycles. The lowest BCUT2D eigenvalue weighted by Crippen LogP contribution is -2.43. The van der Waals surface area contributed by atoms with Crippen LogP contribution < -0.4 is 4.74 Å². The molecule has 0 aliphatic carbocycles. The monoisotopic (exact) mass is 507 g/mol. The number of pyridine rings is 1. The minimum absolute atomic E-state index is 0.0712. The molecule has 184 valence electrons. The molecule has 0 spiro atoms. The van der Waals surface area contributed by atoms with Crippen molar-refractivity contribution in [3.63, 3.8) is 0 Å². The molecule has 1 unspecified atom stereocenters. The zero-order valence-corrected chi connectivity index (χ0v) is 21.9. The number of aliphatic carboxylic acids is 1. The van der Waals surface area contributed by atoms with Gasteiger partial charge in [0.25, 0.3) is 0 Å². The first-order chi connectivity index (χ1) is 15.9. The minimum atomic E-state index is -1.94. The number of carbonyl (C=O) groups is 1. The molecule has 34 heavy (non-hydrogen) atoms. The number of rotatable bonds is 10. The Morgan fingerprint density at radius 1 is 1.24 bits per heavy atom. The molecule has 3 rings (SSSR count). The van der Waals surface area contributed by atoms with Crippen LogP contribution in [0.1, 0.15) is 27.7 Å². The van der Waals surface area contributed by atoms with Crippen molar-refractivity contribution in [2.75, 3.05) is 13.2 Å². The van der Waals surface area contributed by atoms with Crippen molar-refractivity contribution in [2.24, 2.45) is 0 Å². The molecule has 10 nitrogen and oxygen atoms in total. The van der Waals surface area contributed by atoms with E-state index < -0.39 is 20.4 Å². The van der Waals surface area contributed by atoms with Crippen LogP contribution in [0.4, 0.5) is 0 Å². The number of aromatic nitrogens is 5. The summed E-state index contributed by atoms with van der Waals surface area (Å²) < 4.78 is 19.1. The van der Waals surface area contributed by atoms with Gasteiger partial charge in [-0.3, -0.25) is 0 Å². The molecule has 0 radical (unpaired) electrons. The van der Waals surface area contributed by atoms with Crippen LogP contribution in [-0.2, 0) is 14.0 Å². The summed E-state index contributed by atoms with van der Waals surface area (Å²) >= 11 is 6.23. The van der Waals surface area contributed by atoms with Gasteiger partial charge in [-0.15, -0.1) is 0 Å². The summed E-state index contributed by atoms with van der Waals surface area (Å²) in [6.07, 6.45) is 2.74. The van der Waals surface area contributed by atoms with Crippen LogP contribution in [0.5, 0.6) is 5.88 Å². The van der Waals surface area contributed by atoms with Gasteiger partial charge in [0.15, 0.2) is 19.8 Å². The largest absolute Gasteiger partial charge is 0.478 e. The first kappa shape index (κ1) is 26.0. The van der Waals surface area contributed by atoms with E-state index in [1.165, 1.54) is 17.2 Å². The Balaban J connectivity index is 1.71. The van der Waals surface area contributed by atoms with Crippen LogP contribution in [0.3, 0.4) is 0 Å². The summed E-state index contributed by atoms with van der Waals surface area (Å²) in [4.78, 5) is 24.4. The van der Waals surface area contributed by atoms with Gasteiger partial charge in [0.05, 0.1) is 30.5 Å². The number of nitrogens with zero attached hydrogens (tertiary/aromatic N) is 5. The van der Waals surface area contributed by atoms with E-state index in [-0.39, 0.29) is 23.6 Å². The van der Waals surface area contributed by atoms with Gasteiger partial charge >= 0.3 is 5.97 Å². The van der Waals surface area contributed by atoms with Crippen molar-refractivity contribution in [1.82, 2.24) is 24.7 Å². The number of halogens is 1. The highest BCUT2D eigenvalue weighted by molar-refractivity contribution is 6.74. The first-order valence-corrected chi connectivity index (χ1v) is 14.1. The topological polar surface area (TPSA) is 121 Å². The Kier molecular flexibility index (Phi) is 7.91. The Bertz CT molecular complexity index is 1150. The summed E-state index contributed by atoms with van der Waals surface area (Å²) in [5.74, 6) is -0.716. The molecule has 0 aliphatic rings. The lowest BCUT2D eigenvalue weighted by Gasteiger charge is -2.37. The molecule has 2 atom stereocenters. The number of hydrogen-bond acceptors (Lipinski definition) is 8. The maximum absolute atomic E-state index is 11.9. The predicted octanol–water partition coefficient (Wildman–Crippen LogP) is 4.12. The third-order valence-corrected chi connectivity index (χ3v) is 10.6. The van der Waals surface area contributed by atoms with Crippen LogP contribution >= 0.6 is 11.6 Å². The number of carboxylic acids is 1. The molecule has 0 aliphatic heterocycles. The highest BCUT2D eigenvalue weighted by Crippen LogP contribution is 2.36. The van der Waals surface area contributed by atoms with Crippen molar-refractivity contribution in [3.8, 4) is 11.7 Å². The first-order valence-electron chi connectivity index (χ1n) is 10.9. The van der Waals surface area contributed by atoms with Crippen LogP contribution in [0.25, 0.3) is 16.9 Å². The predicted molar refractivity (Wildman–Crippen MR) is 130 cm³/mol. The summed E-state index contributed by atoms with van der Waals surface area (Å²) in [6.45, 7) is 12.8. The van der Waals surface area contributed by atoms with E-state index in [0.717, 1.165) is 0 Å². The Morgan fingerprint density at radius 2 is 1.97 bits per heavy atom. The van der Waals surface area contributed by atoms with E-state index in [2.05, 4.69) is 53.9 Å². The fraction of sp³-hybridized carbons (Fsp3) is 0.500. The molecule has 1 N–H and O–H groups in total. The number of carboxylic acid groups (broad SMARTS) is 1. The second-order valence-corrected chi connectivity index (χ2v) is 14.7. The fourth-order valence-corrected chi connectivity index (χ4v) is 4.02. The zero-order chi connectivity index (χ0) is 25.1. The summed E-state index contributed by atoms with van der Waals surface area (Å²) in [5.41, 5.74) is 0.381. The summed E-state index contributed by atoms with van der Waals surface area (Å²) in [6, 6.07) is 3.39. The third kappa shape index (κ3) is 5.90. The number of ether oxygens (including phenoxy) is 2. The van der Waals surface area contributed by atoms with Gasteiger partial charge in [-0.05, 0) is 37.2 Å². The maximum Gasteiger partial charge on any atom is 0.347 e. The summed E-state index contributed by atoms with van der Waals surface area (Å²) in [7, 11) is -1.94. The number of fused-ring (bicyclic) bond motifs is 1. The van der Waals surface area contributed by atoms with E-state index in [9.17, 15) is 9.90 Å². The average molecular weight is 508 g/mol. The third-order valence-electron chi connectivity index (χ3n) is 5.82. The van der Waals surface area contributed by atoms with Crippen LogP contribution in [0.2, 0.25) is 23.2 Å². The molecular weight excluding hydrogens is 478 g/mol. The van der Waals surface area contributed by atoms with Gasteiger partial charge in [-0.2, -0.15) is 9.78 Å². The standard InChI is InChI=1S/C22H30ClN5O5Si/c1-14(11-32-34(5,6)22(2,3)4)31-12-17(21(29)30)33-20-15-10-27-28(18(15)25-13-26-20)19-16(23)8-7-9-24-19/h7-10,13-14,17H,11-12H2,1-6H3,(H,29,30)/t14-,17?/m1/s1. The molecule has 0 bridgehead atoms. The quantitative estimate of drug-likeness (QED) is 0.403. The van der Waals surface area contributed by atoms with Gasteiger partial charge < -0.3 is 19.0 Å². The van der Waals surface area contributed by atoms with Crippen molar-refractivity contribution in [1.29, 1.82) is 0 Å². The Morgan fingerprint density at radius 3 is 2.62 bits per heavy atom. The molecule has 3 aromatic rings. The normalized spacial score (nSPS) is 14.2. The molecule has 0 saturated heterocycles. The molecule has 0 saturated carbocycles. The van der Waals surface area contributed by atoms with Crippen LogP contribution in [0, 0.1) is 0 Å². The van der Waals surface area contributed by atoms with Gasteiger partial charge in [0.1, 0.15) is 11.7 Å². The average Bonchev–Trinajstić information content (AvgIpc) is 3.19. The molecule has 0 fully saturated rings. The van der Waals surface area contributed by atoms with E-state index in [1.54, 1.807) is 18.3 Å². The van der Waals surface area contributed by atoms with Gasteiger partial charge in [-0.1, -0.05) is 32.4 Å². The lowest BCUT2D eigenvalue weighted by atomic mass is 10.2. The second kappa shape index (κ2) is 10.3. The second-order valence-electron chi connectivity index (χ2n) is 9.44. The highest BCUT2D eigenvalue weighted by atomic mass is 35.5. The lowest BCUT2D eigenvalue weighted by molar-refractivity contribution is -0.149.